The van der Waals surface area contributed by atoms with Gasteiger partial charge in [-0.3, -0.25) is 14.3 Å². The largest absolute Gasteiger partial charge is 0.354 e. The van der Waals surface area contributed by atoms with Crippen LogP contribution in [-0.4, -0.2) is 33.3 Å². The van der Waals surface area contributed by atoms with Gasteiger partial charge < -0.3 is 10.6 Å². The molecule has 8 heteroatoms. The molecule has 0 radical (unpaired) electrons. The molecule has 7 nitrogen and oxygen atoms in total. The smallest absolute Gasteiger partial charge is 0.261 e. The number of hydrogen-bond donors (Lipinski definition) is 3. The van der Waals surface area contributed by atoms with E-state index in [-0.39, 0.29) is 22.6 Å². The van der Waals surface area contributed by atoms with E-state index in [1.807, 2.05) is 0 Å². The van der Waals surface area contributed by atoms with Crippen LogP contribution in [0.15, 0.2) is 59.5 Å². The Hall–Kier alpha value is -2.87. The molecule has 30 heavy (non-hydrogen) atoms. The van der Waals surface area contributed by atoms with E-state index in [4.69, 9.17) is 0 Å². The highest BCUT2D eigenvalue weighted by molar-refractivity contribution is 7.92. The fraction of sp³-hybridized carbons (Fsp3) is 0.364. The first-order valence-electron chi connectivity index (χ1n) is 10.2. The zero-order valence-corrected chi connectivity index (χ0v) is 17.6. The molecule has 0 aromatic heterocycles. The van der Waals surface area contributed by atoms with Gasteiger partial charge in [-0.25, -0.2) is 8.42 Å². The average Bonchev–Trinajstić information content (AvgIpc) is 2.78. The van der Waals surface area contributed by atoms with Crippen molar-refractivity contribution in [3.8, 4) is 0 Å². The van der Waals surface area contributed by atoms with Gasteiger partial charge >= 0.3 is 0 Å². The second-order valence-corrected chi connectivity index (χ2v) is 9.06. The molecule has 0 heterocycles. The lowest BCUT2D eigenvalue weighted by molar-refractivity contribution is -0.125. The van der Waals surface area contributed by atoms with Gasteiger partial charge in [0, 0.05) is 30.3 Å². The Kier molecular flexibility index (Phi) is 7.46. The highest BCUT2D eigenvalue weighted by Gasteiger charge is 2.20. The summed E-state index contributed by atoms with van der Waals surface area (Å²) in [6, 6.07) is 14.3. The first-order chi connectivity index (χ1) is 14.5. The number of nitrogens with one attached hydrogen (secondary N) is 3. The van der Waals surface area contributed by atoms with Crippen LogP contribution in [0, 0.1) is 5.92 Å². The van der Waals surface area contributed by atoms with Crippen LogP contribution in [-0.2, 0) is 14.8 Å². The predicted molar refractivity (Wildman–Crippen MR) is 116 cm³/mol. The molecule has 0 saturated heterocycles. The van der Waals surface area contributed by atoms with Crippen LogP contribution in [0.5, 0.6) is 0 Å². The fourth-order valence-electron chi connectivity index (χ4n) is 3.48. The molecular formula is C22H27N3O4S. The van der Waals surface area contributed by atoms with E-state index in [9.17, 15) is 18.0 Å². The molecule has 2 amide bonds. The third-order valence-electron chi connectivity index (χ3n) is 5.14. The van der Waals surface area contributed by atoms with E-state index in [0.717, 1.165) is 25.7 Å². The predicted octanol–water partition coefficient (Wildman–Crippen LogP) is 2.91. The van der Waals surface area contributed by atoms with Crippen LogP contribution in [0.2, 0.25) is 0 Å². The minimum Gasteiger partial charge on any atom is -0.354 e. The third kappa shape index (κ3) is 6.06. The van der Waals surface area contributed by atoms with E-state index >= 15 is 0 Å². The first-order valence-corrected chi connectivity index (χ1v) is 11.7. The highest BCUT2D eigenvalue weighted by Crippen LogP contribution is 2.23. The maximum Gasteiger partial charge on any atom is 0.261 e. The van der Waals surface area contributed by atoms with E-state index < -0.39 is 10.0 Å². The lowest BCUT2D eigenvalue weighted by Crippen LogP contribution is -2.38. The maximum absolute atomic E-state index is 12.3. The molecular weight excluding hydrogens is 402 g/mol. The number of sulfonamides is 1. The Morgan fingerprint density at radius 2 is 1.47 bits per heavy atom. The fourth-order valence-corrected chi connectivity index (χ4v) is 4.56. The van der Waals surface area contributed by atoms with Gasteiger partial charge in [-0.05, 0) is 49.2 Å². The summed E-state index contributed by atoms with van der Waals surface area (Å²) >= 11 is 0. The third-order valence-corrected chi connectivity index (χ3v) is 6.54. The van der Waals surface area contributed by atoms with Crippen molar-refractivity contribution in [2.75, 3.05) is 17.8 Å². The second kappa shape index (κ2) is 10.2. The zero-order chi connectivity index (χ0) is 21.4. The molecule has 0 bridgehead atoms. The number of anilines is 1. The Labute approximate surface area is 177 Å². The van der Waals surface area contributed by atoms with Gasteiger partial charge in [0.15, 0.2) is 0 Å². The lowest BCUT2D eigenvalue weighted by Gasteiger charge is -2.20. The number of hydrogen-bond acceptors (Lipinski definition) is 4. The summed E-state index contributed by atoms with van der Waals surface area (Å²) in [5.41, 5.74) is 0.784. The van der Waals surface area contributed by atoms with Crippen molar-refractivity contribution >= 4 is 27.5 Å². The second-order valence-electron chi connectivity index (χ2n) is 7.38. The molecule has 0 unspecified atom stereocenters. The van der Waals surface area contributed by atoms with E-state index in [1.165, 1.54) is 18.6 Å². The number of amides is 2. The Morgan fingerprint density at radius 1 is 0.833 bits per heavy atom. The van der Waals surface area contributed by atoms with Crippen molar-refractivity contribution in [2.24, 2.45) is 5.92 Å². The van der Waals surface area contributed by atoms with Gasteiger partial charge in [-0.15, -0.1) is 0 Å². The molecule has 3 N–H and O–H groups in total. The number of carbonyl (C=O) groups excluding carboxylic acids is 2. The van der Waals surface area contributed by atoms with Gasteiger partial charge in [0.05, 0.1) is 4.90 Å². The normalized spacial score (nSPS) is 14.7. The van der Waals surface area contributed by atoms with Gasteiger partial charge in [-0.1, -0.05) is 37.5 Å². The van der Waals surface area contributed by atoms with Crippen LogP contribution in [0.1, 0.15) is 42.5 Å². The van der Waals surface area contributed by atoms with Gasteiger partial charge in [0.1, 0.15) is 0 Å². The minimum atomic E-state index is -3.67. The van der Waals surface area contributed by atoms with Crippen molar-refractivity contribution in [3.05, 3.63) is 60.2 Å². The molecule has 0 atom stereocenters. The summed E-state index contributed by atoms with van der Waals surface area (Å²) in [5.74, 6) is -0.111. The van der Waals surface area contributed by atoms with Crippen LogP contribution >= 0.6 is 0 Å². The van der Waals surface area contributed by atoms with Gasteiger partial charge in [0.25, 0.3) is 15.9 Å². The maximum atomic E-state index is 12.3. The molecule has 160 valence electrons. The monoisotopic (exact) mass is 429 g/mol. The van der Waals surface area contributed by atoms with Crippen molar-refractivity contribution in [3.63, 3.8) is 0 Å². The standard InChI is InChI=1S/C22H27N3O4S/c26-21(17-7-3-1-4-8-17)23-15-16-24-22(27)18-11-13-19(14-12-18)25-30(28,29)20-9-5-2-6-10-20/h2,5-6,9-14,17,25H,1,3-4,7-8,15-16H2,(H,23,26)(H,24,27). The number of benzene rings is 2. The molecule has 3 rings (SSSR count). The van der Waals surface area contributed by atoms with E-state index in [2.05, 4.69) is 15.4 Å². The first kappa shape index (κ1) is 21.8. The molecule has 1 fully saturated rings. The van der Waals surface area contributed by atoms with Crippen LogP contribution in [0.4, 0.5) is 5.69 Å². The number of carbonyl (C=O) groups is 2. The molecule has 0 spiro atoms. The molecule has 2 aromatic rings. The van der Waals surface area contributed by atoms with Crippen molar-refractivity contribution < 1.29 is 18.0 Å². The number of rotatable bonds is 8. The van der Waals surface area contributed by atoms with E-state index in [1.54, 1.807) is 42.5 Å². The molecule has 1 saturated carbocycles. The van der Waals surface area contributed by atoms with Crippen molar-refractivity contribution in [2.45, 2.75) is 37.0 Å². The summed E-state index contributed by atoms with van der Waals surface area (Å²) in [6.07, 6.45) is 5.29. The van der Waals surface area contributed by atoms with Crippen LogP contribution in [0.3, 0.4) is 0 Å². The molecule has 1 aliphatic rings. The summed E-state index contributed by atoms with van der Waals surface area (Å²) in [5, 5.41) is 5.64. The molecule has 2 aromatic carbocycles. The molecule has 1 aliphatic carbocycles. The van der Waals surface area contributed by atoms with Gasteiger partial charge in [0.2, 0.25) is 5.91 Å². The minimum absolute atomic E-state index is 0.0685. The van der Waals surface area contributed by atoms with Crippen molar-refractivity contribution in [1.82, 2.24) is 10.6 Å². The quantitative estimate of drug-likeness (QED) is 0.561. The zero-order valence-electron chi connectivity index (χ0n) is 16.8. The van der Waals surface area contributed by atoms with Crippen molar-refractivity contribution in [1.29, 1.82) is 0 Å². The Bertz CT molecular complexity index is 954. The average molecular weight is 430 g/mol. The summed E-state index contributed by atoms with van der Waals surface area (Å²) in [6.45, 7) is 0.718. The summed E-state index contributed by atoms with van der Waals surface area (Å²) in [7, 11) is -3.67. The highest BCUT2D eigenvalue weighted by atomic mass is 32.2. The van der Waals surface area contributed by atoms with Crippen LogP contribution < -0.4 is 15.4 Å². The van der Waals surface area contributed by atoms with Crippen LogP contribution in [0.25, 0.3) is 0 Å². The SMILES string of the molecule is O=C(NCCNC(=O)C1CCCCC1)c1ccc(NS(=O)(=O)c2ccccc2)cc1. The van der Waals surface area contributed by atoms with E-state index in [0.29, 0.717) is 24.3 Å². The van der Waals surface area contributed by atoms with Gasteiger partial charge in [-0.2, -0.15) is 0 Å². The Balaban J connectivity index is 1.45. The topological polar surface area (TPSA) is 104 Å². The molecule has 0 aliphatic heterocycles. The summed E-state index contributed by atoms with van der Waals surface area (Å²) < 4.78 is 27.2. The Morgan fingerprint density at radius 3 is 2.13 bits per heavy atom. The summed E-state index contributed by atoms with van der Waals surface area (Å²) in [4.78, 5) is 24.5. The lowest BCUT2D eigenvalue weighted by atomic mass is 9.89.